The van der Waals surface area contributed by atoms with Gasteiger partial charge in [0.05, 0.1) is 7.11 Å². The first-order valence-electron chi connectivity index (χ1n) is 13.4. The van der Waals surface area contributed by atoms with E-state index in [0.717, 1.165) is 28.0 Å². The fraction of sp³-hybridized carbons (Fsp3) is 0.235. The summed E-state index contributed by atoms with van der Waals surface area (Å²) in [6, 6.07) is 34.2. The van der Waals surface area contributed by atoms with Crippen molar-refractivity contribution >= 4 is 11.9 Å². The molecule has 1 amide bonds. The van der Waals surface area contributed by atoms with Gasteiger partial charge in [0.15, 0.2) is 0 Å². The van der Waals surface area contributed by atoms with Crippen LogP contribution in [0.25, 0.3) is 0 Å². The summed E-state index contributed by atoms with van der Waals surface area (Å²) in [5, 5.41) is 9.97. The number of methoxy groups -OCH3 is 1. The van der Waals surface area contributed by atoms with Crippen molar-refractivity contribution in [3.8, 4) is 11.5 Å². The van der Waals surface area contributed by atoms with Gasteiger partial charge in [-0.15, -0.1) is 0 Å². The molecule has 4 aromatic carbocycles. The highest BCUT2D eigenvalue weighted by molar-refractivity contribution is 5.83. The van der Waals surface area contributed by atoms with Gasteiger partial charge >= 0.3 is 5.97 Å². The maximum absolute atomic E-state index is 13.2. The number of hydrogen-bond acceptors (Lipinski definition) is 4. The van der Waals surface area contributed by atoms with E-state index < -0.39 is 12.0 Å². The molecule has 0 bridgehead atoms. The van der Waals surface area contributed by atoms with Gasteiger partial charge in [-0.25, -0.2) is 4.79 Å². The third-order valence-electron chi connectivity index (χ3n) is 7.09. The zero-order valence-electron chi connectivity index (χ0n) is 22.9. The monoisotopic (exact) mass is 537 g/mol. The van der Waals surface area contributed by atoms with E-state index in [1.807, 2.05) is 84.9 Å². The minimum Gasteiger partial charge on any atom is -0.497 e. The number of hydrogen-bond donors (Lipinski definition) is 1. The largest absolute Gasteiger partial charge is 0.497 e. The van der Waals surface area contributed by atoms with Gasteiger partial charge in [-0.05, 0) is 52.9 Å². The number of carbonyl (C=O) groups is 2. The Kier molecular flexibility index (Phi) is 9.94. The molecule has 0 aliphatic rings. The fourth-order valence-corrected chi connectivity index (χ4v) is 4.78. The molecule has 4 rings (SSSR count). The second-order valence-corrected chi connectivity index (χ2v) is 9.76. The highest BCUT2D eigenvalue weighted by atomic mass is 16.5. The smallest absolute Gasteiger partial charge is 0.326 e. The van der Waals surface area contributed by atoms with Gasteiger partial charge in [0.2, 0.25) is 5.91 Å². The van der Waals surface area contributed by atoms with Crippen molar-refractivity contribution in [2.45, 2.75) is 37.8 Å². The minimum absolute atomic E-state index is 0.0487. The molecule has 6 nitrogen and oxygen atoms in total. The molecule has 1 N–H and O–H groups in total. The summed E-state index contributed by atoms with van der Waals surface area (Å²) in [7, 11) is 3.20. The molecule has 1 atom stereocenters. The molecular formula is C34H35NO5. The topological polar surface area (TPSA) is 76.1 Å². The Bertz CT molecular complexity index is 1330. The number of amides is 1. The number of carboxylic acid groups (broad SMARTS) is 1. The van der Waals surface area contributed by atoms with Crippen LogP contribution < -0.4 is 9.47 Å². The highest BCUT2D eigenvalue weighted by Crippen LogP contribution is 2.29. The summed E-state index contributed by atoms with van der Waals surface area (Å²) in [5.74, 6) is 0.271. The van der Waals surface area contributed by atoms with Gasteiger partial charge in [0.1, 0.15) is 24.1 Å². The summed E-state index contributed by atoms with van der Waals surface area (Å²) in [6.45, 7) is 0.387. The Hall–Kier alpha value is -4.58. The van der Waals surface area contributed by atoms with Crippen LogP contribution in [0, 0.1) is 0 Å². The number of rotatable bonds is 13. The molecule has 40 heavy (non-hydrogen) atoms. The number of carbonyl (C=O) groups excluding carboxylic acids is 1. The first-order valence-corrected chi connectivity index (χ1v) is 13.4. The summed E-state index contributed by atoms with van der Waals surface area (Å²) < 4.78 is 11.1. The number of aliphatic carboxylic acids is 1. The standard InChI is InChI=1S/C34H35NO5/c1-35(33(36)21-20-31(27-11-5-3-6-12-27)28-13-7-4-8-14-28)32(34(37)38)23-25-16-18-29(19-17-25)40-24-26-10-9-15-30(22-26)39-2/h3-19,22,31-32H,20-21,23-24H2,1-2H3,(H,37,38). The second kappa shape index (κ2) is 14.0. The first kappa shape index (κ1) is 28.4. The van der Waals surface area contributed by atoms with Crippen LogP contribution in [0.5, 0.6) is 11.5 Å². The van der Waals surface area contributed by atoms with Gasteiger partial charge in [0, 0.05) is 25.8 Å². The zero-order chi connectivity index (χ0) is 28.3. The van der Waals surface area contributed by atoms with Crippen molar-refractivity contribution < 1.29 is 24.2 Å². The average molecular weight is 538 g/mol. The number of benzene rings is 4. The third-order valence-corrected chi connectivity index (χ3v) is 7.09. The molecule has 0 aromatic heterocycles. The fourth-order valence-electron chi connectivity index (χ4n) is 4.78. The molecule has 0 saturated heterocycles. The molecule has 0 aliphatic carbocycles. The third kappa shape index (κ3) is 7.73. The Morgan fingerprint density at radius 2 is 1.40 bits per heavy atom. The quantitative estimate of drug-likeness (QED) is 0.215. The van der Waals surface area contributed by atoms with Crippen molar-refractivity contribution in [1.29, 1.82) is 0 Å². The normalized spacial score (nSPS) is 11.6. The molecule has 6 heteroatoms. The van der Waals surface area contributed by atoms with E-state index in [-0.39, 0.29) is 24.7 Å². The lowest BCUT2D eigenvalue weighted by Gasteiger charge is -2.26. The molecule has 206 valence electrons. The first-order chi connectivity index (χ1) is 19.4. The van der Waals surface area contributed by atoms with Crippen molar-refractivity contribution in [2.24, 2.45) is 0 Å². The van der Waals surface area contributed by atoms with E-state index in [9.17, 15) is 14.7 Å². The maximum Gasteiger partial charge on any atom is 0.326 e. The lowest BCUT2D eigenvalue weighted by atomic mass is 9.87. The lowest BCUT2D eigenvalue weighted by Crippen LogP contribution is -2.43. The van der Waals surface area contributed by atoms with E-state index in [2.05, 4.69) is 24.3 Å². The van der Waals surface area contributed by atoms with E-state index in [4.69, 9.17) is 9.47 Å². The Balaban J connectivity index is 1.37. The van der Waals surface area contributed by atoms with Gasteiger partial charge in [-0.1, -0.05) is 84.9 Å². The predicted octanol–water partition coefficient (Wildman–Crippen LogP) is 6.34. The molecule has 0 fully saturated rings. The molecule has 1 unspecified atom stereocenters. The Morgan fingerprint density at radius 3 is 1.98 bits per heavy atom. The lowest BCUT2D eigenvalue weighted by molar-refractivity contribution is -0.149. The SMILES string of the molecule is COc1cccc(COc2ccc(CC(C(=O)O)N(C)C(=O)CCC(c3ccccc3)c3ccccc3)cc2)c1. The van der Waals surface area contributed by atoms with Gasteiger partial charge in [-0.3, -0.25) is 4.79 Å². The van der Waals surface area contributed by atoms with Crippen molar-refractivity contribution in [3.05, 3.63) is 131 Å². The van der Waals surface area contributed by atoms with Crippen molar-refractivity contribution in [1.82, 2.24) is 4.90 Å². The molecular weight excluding hydrogens is 502 g/mol. The van der Waals surface area contributed by atoms with Crippen LogP contribution in [-0.4, -0.2) is 42.1 Å². The minimum atomic E-state index is -1.03. The number of likely N-dealkylation sites (N-methyl/N-ethyl adjacent to an activating group) is 1. The Labute approximate surface area is 235 Å². The van der Waals surface area contributed by atoms with Crippen LogP contribution in [0.1, 0.15) is 41.0 Å². The van der Waals surface area contributed by atoms with Gasteiger partial charge < -0.3 is 19.5 Å². The van der Waals surface area contributed by atoms with E-state index >= 15 is 0 Å². The second-order valence-electron chi connectivity index (χ2n) is 9.76. The molecule has 0 heterocycles. The number of ether oxygens (including phenoxy) is 2. The number of carboxylic acids is 1. The van der Waals surface area contributed by atoms with Crippen LogP contribution in [0.4, 0.5) is 0 Å². The predicted molar refractivity (Wildman–Crippen MR) is 156 cm³/mol. The summed E-state index contributed by atoms with van der Waals surface area (Å²) in [4.78, 5) is 26.7. The van der Waals surface area contributed by atoms with Crippen LogP contribution in [0.15, 0.2) is 109 Å². The summed E-state index contributed by atoms with van der Waals surface area (Å²) >= 11 is 0. The maximum atomic E-state index is 13.2. The summed E-state index contributed by atoms with van der Waals surface area (Å²) in [6.07, 6.45) is 1.03. The van der Waals surface area contributed by atoms with Crippen LogP contribution in [-0.2, 0) is 22.6 Å². The van der Waals surface area contributed by atoms with Gasteiger partial charge in [0.25, 0.3) is 0 Å². The van der Waals surface area contributed by atoms with Crippen molar-refractivity contribution in [3.63, 3.8) is 0 Å². The zero-order valence-corrected chi connectivity index (χ0v) is 22.9. The van der Waals surface area contributed by atoms with Crippen molar-refractivity contribution in [2.75, 3.05) is 14.2 Å². The molecule has 0 saturated carbocycles. The van der Waals surface area contributed by atoms with E-state index in [1.54, 1.807) is 14.2 Å². The van der Waals surface area contributed by atoms with Crippen LogP contribution in [0.3, 0.4) is 0 Å². The molecule has 0 spiro atoms. The molecule has 4 aromatic rings. The van der Waals surface area contributed by atoms with E-state index in [1.165, 1.54) is 4.90 Å². The average Bonchev–Trinajstić information content (AvgIpc) is 3.00. The van der Waals surface area contributed by atoms with Crippen LogP contribution >= 0.6 is 0 Å². The van der Waals surface area contributed by atoms with E-state index in [0.29, 0.717) is 18.8 Å². The van der Waals surface area contributed by atoms with Gasteiger partial charge in [-0.2, -0.15) is 0 Å². The summed E-state index contributed by atoms with van der Waals surface area (Å²) in [5.41, 5.74) is 4.06. The molecule has 0 radical (unpaired) electrons. The Morgan fingerprint density at radius 1 is 0.775 bits per heavy atom. The number of nitrogens with zero attached hydrogens (tertiary/aromatic N) is 1. The van der Waals surface area contributed by atoms with Crippen LogP contribution in [0.2, 0.25) is 0 Å². The highest BCUT2D eigenvalue weighted by Gasteiger charge is 2.27. The molecule has 0 aliphatic heterocycles.